The van der Waals surface area contributed by atoms with Gasteiger partial charge in [0, 0.05) is 12.7 Å². The van der Waals surface area contributed by atoms with E-state index in [2.05, 4.69) is 48.4 Å². The van der Waals surface area contributed by atoms with Crippen LogP contribution in [0.5, 0.6) is 0 Å². The van der Waals surface area contributed by atoms with Crippen molar-refractivity contribution in [2.75, 3.05) is 7.05 Å². The van der Waals surface area contributed by atoms with E-state index in [0.29, 0.717) is 5.92 Å². The smallest absolute Gasteiger partial charge is 0.107 e. The first-order valence-corrected chi connectivity index (χ1v) is 6.72. The third-order valence-corrected chi connectivity index (χ3v) is 3.79. The Balaban J connectivity index is 2.21. The van der Waals surface area contributed by atoms with Gasteiger partial charge >= 0.3 is 0 Å². The fourth-order valence-corrected chi connectivity index (χ4v) is 2.64. The summed E-state index contributed by atoms with van der Waals surface area (Å²) in [5.41, 5.74) is 2.64. The van der Waals surface area contributed by atoms with Gasteiger partial charge in [-0.3, -0.25) is 0 Å². The van der Waals surface area contributed by atoms with Crippen LogP contribution in [0.15, 0.2) is 30.5 Å². The van der Waals surface area contributed by atoms with Gasteiger partial charge in [-0.05, 0) is 24.1 Å². The third-order valence-electron chi connectivity index (χ3n) is 2.74. The predicted molar refractivity (Wildman–Crippen MR) is 74.4 cm³/mol. The van der Waals surface area contributed by atoms with Crippen LogP contribution in [0.2, 0.25) is 0 Å². The average Bonchev–Trinajstić information content (AvgIpc) is 2.78. The lowest BCUT2D eigenvalue weighted by Gasteiger charge is -2.05. The van der Waals surface area contributed by atoms with E-state index in [4.69, 9.17) is 0 Å². The number of hydrogen-bond acceptors (Lipinski definition) is 3. The van der Waals surface area contributed by atoms with Crippen LogP contribution in [-0.4, -0.2) is 12.0 Å². The monoisotopic (exact) mass is 246 g/mol. The van der Waals surface area contributed by atoms with Crippen LogP contribution in [0.25, 0.3) is 10.4 Å². The molecule has 1 aromatic heterocycles. The lowest BCUT2D eigenvalue weighted by molar-refractivity contribution is 0.810. The van der Waals surface area contributed by atoms with Crippen molar-refractivity contribution in [1.29, 1.82) is 0 Å². The Morgan fingerprint density at radius 1 is 1.24 bits per heavy atom. The highest BCUT2D eigenvalue weighted by atomic mass is 32.1. The van der Waals surface area contributed by atoms with E-state index in [1.54, 1.807) is 11.3 Å². The van der Waals surface area contributed by atoms with E-state index in [9.17, 15) is 0 Å². The van der Waals surface area contributed by atoms with Gasteiger partial charge in [-0.25, -0.2) is 4.98 Å². The summed E-state index contributed by atoms with van der Waals surface area (Å²) in [6, 6.07) is 8.78. The molecule has 0 bridgehead atoms. The second-order valence-corrected chi connectivity index (χ2v) is 5.54. The number of benzene rings is 1. The molecule has 17 heavy (non-hydrogen) atoms. The molecule has 0 radical (unpaired) electrons. The Morgan fingerprint density at radius 2 is 1.94 bits per heavy atom. The summed E-state index contributed by atoms with van der Waals surface area (Å²) in [7, 11) is 1.94. The summed E-state index contributed by atoms with van der Waals surface area (Å²) in [5, 5.41) is 4.26. The zero-order valence-electron chi connectivity index (χ0n) is 10.5. The number of aromatic nitrogens is 1. The first kappa shape index (κ1) is 12.3. The van der Waals surface area contributed by atoms with Gasteiger partial charge in [-0.15, -0.1) is 11.3 Å². The van der Waals surface area contributed by atoms with Crippen molar-refractivity contribution < 1.29 is 0 Å². The van der Waals surface area contributed by atoms with Crippen LogP contribution in [0.1, 0.15) is 30.3 Å². The first-order valence-electron chi connectivity index (χ1n) is 5.90. The number of nitrogens with zero attached hydrogens (tertiary/aromatic N) is 1. The molecular formula is C14H18N2S. The number of hydrogen-bond donors (Lipinski definition) is 1. The summed E-state index contributed by atoms with van der Waals surface area (Å²) in [4.78, 5) is 5.64. The second kappa shape index (κ2) is 5.43. The van der Waals surface area contributed by atoms with Crippen LogP contribution in [-0.2, 0) is 6.54 Å². The molecule has 0 saturated carbocycles. The van der Waals surface area contributed by atoms with Gasteiger partial charge in [0.2, 0.25) is 0 Å². The van der Waals surface area contributed by atoms with Gasteiger partial charge in [0.15, 0.2) is 0 Å². The van der Waals surface area contributed by atoms with Gasteiger partial charge in [0.1, 0.15) is 5.01 Å². The second-order valence-electron chi connectivity index (χ2n) is 4.43. The van der Waals surface area contributed by atoms with Gasteiger partial charge in [0.25, 0.3) is 0 Å². The molecule has 0 aliphatic heterocycles. The molecular weight excluding hydrogens is 228 g/mol. The van der Waals surface area contributed by atoms with Crippen LogP contribution in [0, 0.1) is 0 Å². The van der Waals surface area contributed by atoms with E-state index >= 15 is 0 Å². The standard InChI is InChI=1S/C14H18N2S/c1-10(2)11-4-6-12(7-5-11)13-8-16-14(17-13)9-15-3/h4-8,10,15H,9H2,1-3H3. The van der Waals surface area contributed by atoms with Crippen molar-refractivity contribution >= 4 is 11.3 Å². The molecule has 2 rings (SSSR count). The Labute approximate surface area is 107 Å². The summed E-state index contributed by atoms with van der Waals surface area (Å²) in [6.45, 7) is 5.27. The molecule has 0 aliphatic rings. The molecule has 1 aromatic carbocycles. The normalized spacial score (nSPS) is 11.1. The number of thiazole rings is 1. The lowest BCUT2D eigenvalue weighted by Crippen LogP contribution is -2.03. The highest BCUT2D eigenvalue weighted by Crippen LogP contribution is 2.27. The molecule has 0 saturated heterocycles. The zero-order chi connectivity index (χ0) is 12.3. The summed E-state index contributed by atoms with van der Waals surface area (Å²) >= 11 is 1.75. The van der Waals surface area contributed by atoms with Crippen molar-refractivity contribution in [1.82, 2.24) is 10.3 Å². The van der Waals surface area contributed by atoms with Gasteiger partial charge < -0.3 is 5.32 Å². The quantitative estimate of drug-likeness (QED) is 0.890. The summed E-state index contributed by atoms with van der Waals surface area (Å²) < 4.78 is 0. The summed E-state index contributed by atoms with van der Waals surface area (Å²) in [5.74, 6) is 0.588. The van der Waals surface area contributed by atoms with Crippen LogP contribution >= 0.6 is 11.3 Å². The predicted octanol–water partition coefficient (Wildman–Crippen LogP) is 3.65. The maximum Gasteiger partial charge on any atom is 0.107 e. The Morgan fingerprint density at radius 3 is 2.53 bits per heavy atom. The summed E-state index contributed by atoms with van der Waals surface area (Å²) in [6.07, 6.45) is 1.96. The Hall–Kier alpha value is -1.19. The fourth-order valence-electron chi connectivity index (χ4n) is 1.71. The number of nitrogens with one attached hydrogen (secondary N) is 1. The topological polar surface area (TPSA) is 24.9 Å². The SMILES string of the molecule is CNCc1ncc(-c2ccc(C(C)C)cc2)s1. The molecule has 2 aromatic rings. The first-order chi connectivity index (χ1) is 8.20. The van der Waals surface area contributed by atoms with Crippen LogP contribution < -0.4 is 5.32 Å². The zero-order valence-corrected chi connectivity index (χ0v) is 11.3. The van der Waals surface area contributed by atoms with Crippen molar-refractivity contribution in [2.45, 2.75) is 26.3 Å². The van der Waals surface area contributed by atoms with Crippen molar-refractivity contribution in [3.05, 3.63) is 41.0 Å². The van der Waals surface area contributed by atoms with Crippen LogP contribution in [0.3, 0.4) is 0 Å². The molecule has 90 valence electrons. The maximum absolute atomic E-state index is 4.40. The maximum atomic E-state index is 4.40. The Bertz CT molecular complexity index is 471. The highest BCUT2D eigenvalue weighted by molar-refractivity contribution is 7.15. The molecule has 0 amide bonds. The van der Waals surface area contributed by atoms with E-state index in [1.165, 1.54) is 16.0 Å². The van der Waals surface area contributed by atoms with E-state index in [-0.39, 0.29) is 0 Å². The van der Waals surface area contributed by atoms with E-state index in [0.717, 1.165) is 11.6 Å². The van der Waals surface area contributed by atoms with Crippen molar-refractivity contribution in [3.63, 3.8) is 0 Å². The van der Waals surface area contributed by atoms with Crippen LogP contribution in [0.4, 0.5) is 0 Å². The molecule has 0 spiro atoms. The highest BCUT2D eigenvalue weighted by Gasteiger charge is 2.04. The fraction of sp³-hybridized carbons (Fsp3) is 0.357. The third kappa shape index (κ3) is 2.93. The van der Waals surface area contributed by atoms with Crippen molar-refractivity contribution in [3.8, 4) is 10.4 Å². The lowest BCUT2D eigenvalue weighted by atomic mass is 10.0. The molecule has 0 atom stereocenters. The van der Waals surface area contributed by atoms with E-state index < -0.39 is 0 Å². The van der Waals surface area contributed by atoms with Gasteiger partial charge in [0.05, 0.1) is 4.88 Å². The minimum atomic E-state index is 0.588. The average molecular weight is 246 g/mol. The molecule has 2 nitrogen and oxygen atoms in total. The minimum absolute atomic E-state index is 0.588. The Kier molecular flexibility index (Phi) is 3.92. The minimum Gasteiger partial charge on any atom is -0.314 e. The largest absolute Gasteiger partial charge is 0.314 e. The van der Waals surface area contributed by atoms with E-state index in [1.807, 2.05) is 13.2 Å². The molecule has 1 N–H and O–H groups in total. The van der Waals surface area contributed by atoms with Crippen molar-refractivity contribution in [2.24, 2.45) is 0 Å². The molecule has 1 heterocycles. The molecule has 0 unspecified atom stereocenters. The van der Waals surface area contributed by atoms with Gasteiger partial charge in [-0.2, -0.15) is 0 Å². The van der Waals surface area contributed by atoms with Gasteiger partial charge in [-0.1, -0.05) is 38.1 Å². The molecule has 0 aliphatic carbocycles. The molecule has 0 fully saturated rings. The number of rotatable bonds is 4. The molecule has 3 heteroatoms.